The smallest absolute Gasteiger partial charge is 0.261 e. The number of benzene rings is 3. The van der Waals surface area contributed by atoms with E-state index in [-0.39, 0.29) is 11.8 Å². The molecule has 2 amide bonds. The van der Waals surface area contributed by atoms with E-state index in [0.717, 1.165) is 17.0 Å². The summed E-state index contributed by atoms with van der Waals surface area (Å²) in [4.78, 5) is 26.0. The Kier molecular flexibility index (Phi) is 6.06. The summed E-state index contributed by atoms with van der Waals surface area (Å²) in [5.74, 6) is 0.310. The van der Waals surface area contributed by atoms with Gasteiger partial charge in [-0.3, -0.25) is 14.5 Å². The summed E-state index contributed by atoms with van der Waals surface area (Å²) in [6.07, 6.45) is 0.579. The van der Waals surface area contributed by atoms with Crippen molar-refractivity contribution in [3.63, 3.8) is 0 Å². The molecular formula is C24H23N3O3. The fraction of sp³-hybridized carbons (Fsp3) is 0.167. The van der Waals surface area contributed by atoms with E-state index in [1.165, 1.54) is 4.90 Å². The van der Waals surface area contributed by atoms with Gasteiger partial charge < -0.3 is 10.2 Å². The van der Waals surface area contributed by atoms with E-state index >= 15 is 0 Å². The minimum absolute atomic E-state index is 0.225. The van der Waals surface area contributed by atoms with E-state index in [2.05, 4.69) is 10.9 Å². The van der Waals surface area contributed by atoms with Crippen LogP contribution in [0.15, 0.2) is 78.9 Å². The zero-order valence-corrected chi connectivity index (χ0v) is 16.5. The van der Waals surface area contributed by atoms with E-state index in [4.69, 9.17) is 4.74 Å². The Bertz CT molecular complexity index is 984. The molecule has 0 radical (unpaired) electrons. The molecule has 0 unspecified atom stereocenters. The van der Waals surface area contributed by atoms with Crippen LogP contribution in [-0.2, 0) is 6.54 Å². The van der Waals surface area contributed by atoms with Gasteiger partial charge in [-0.15, -0.1) is 0 Å². The minimum atomic E-state index is -0.225. The van der Waals surface area contributed by atoms with Gasteiger partial charge in [0, 0.05) is 18.8 Å². The zero-order valence-electron chi connectivity index (χ0n) is 16.5. The predicted octanol–water partition coefficient (Wildman–Crippen LogP) is 3.87. The Hall–Kier alpha value is -3.64. The quantitative estimate of drug-likeness (QED) is 0.324. The van der Waals surface area contributed by atoms with E-state index in [0.29, 0.717) is 37.2 Å². The first kappa shape index (κ1) is 19.7. The van der Waals surface area contributed by atoms with E-state index in [1.807, 2.05) is 54.6 Å². The first-order valence-electron chi connectivity index (χ1n) is 9.93. The third-order valence-electron chi connectivity index (χ3n) is 4.90. The molecule has 0 aromatic heterocycles. The second kappa shape index (κ2) is 9.24. The van der Waals surface area contributed by atoms with Crippen LogP contribution >= 0.6 is 0 Å². The van der Waals surface area contributed by atoms with Crippen LogP contribution < -0.4 is 15.6 Å². The molecule has 6 nitrogen and oxygen atoms in total. The normalized spacial score (nSPS) is 12.7. The summed E-state index contributed by atoms with van der Waals surface area (Å²) >= 11 is 0. The van der Waals surface area contributed by atoms with Crippen LogP contribution in [-0.4, -0.2) is 29.9 Å². The number of nitrogens with one attached hydrogen (secondary N) is 2. The van der Waals surface area contributed by atoms with Gasteiger partial charge in [-0.2, -0.15) is 0 Å². The van der Waals surface area contributed by atoms with E-state index in [1.54, 1.807) is 24.3 Å². The fourth-order valence-electron chi connectivity index (χ4n) is 3.33. The molecule has 0 fully saturated rings. The highest BCUT2D eigenvalue weighted by molar-refractivity contribution is 6.21. The van der Waals surface area contributed by atoms with Crippen molar-refractivity contribution in [2.45, 2.75) is 13.0 Å². The summed E-state index contributed by atoms with van der Waals surface area (Å²) in [7, 11) is 0. The standard InChI is InChI=1S/C24H23N3O3/c28-23-21-9-4-5-10-22(21)24(29)27(23)15-6-16-30-20-13-11-18(12-14-20)17-25-26-19-7-2-1-3-8-19/h1-5,7-14,25-26H,6,15-17H2. The molecule has 3 aromatic carbocycles. The lowest BCUT2D eigenvalue weighted by Crippen LogP contribution is -2.31. The molecule has 0 saturated carbocycles. The number of anilines is 1. The van der Waals surface area contributed by atoms with Crippen molar-refractivity contribution in [2.24, 2.45) is 0 Å². The molecule has 0 saturated heterocycles. The van der Waals surface area contributed by atoms with E-state index < -0.39 is 0 Å². The summed E-state index contributed by atoms with van der Waals surface area (Å²) in [5, 5.41) is 0. The Morgan fingerprint density at radius 2 is 1.40 bits per heavy atom. The molecule has 0 spiro atoms. The van der Waals surface area contributed by atoms with Crippen molar-refractivity contribution in [1.29, 1.82) is 0 Å². The fourth-order valence-corrected chi connectivity index (χ4v) is 3.33. The first-order chi connectivity index (χ1) is 14.7. The number of carbonyl (C=O) groups excluding carboxylic acids is 2. The Morgan fingerprint density at radius 1 is 0.767 bits per heavy atom. The minimum Gasteiger partial charge on any atom is -0.494 e. The number of imide groups is 1. The monoisotopic (exact) mass is 401 g/mol. The summed E-state index contributed by atoms with van der Waals surface area (Å²) in [6.45, 7) is 1.45. The third kappa shape index (κ3) is 4.50. The van der Waals surface area contributed by atoms with Crippen LogP contribution in [0.5, 0.6) is 5.75 Å². The largest absolute Gasteiger partial charge is 0.494 e. The number of rotatable bonds is 9. The number of fused-ring (bicyclic) bond motifs is 1. The molecule has 1 aliphatic rings. The van der Waals surface area contributed by atoms with Gasteiger partial charge in [0.1, 0.15) is 5.75 Å². The molecule has 1 heterocycles. The van der Waals surface area contributed by atoms with Crippen molar-refractivity contribution in [1.82, 2.24) is 10.3 Å². The number of hydrogen-bond donors (Lipinski definition) is 2. The SMILES string of the molecule is O=C1c2ccccc2C(=O)N1CCCOc1ccc(CNNc2ccccc2)cc1. The molecule has 0 atom stereocenters. The predicted molar refractivity (Wildman–Crippen MR) is 115 cm³/mol. The molecule has 4 rings (SSSR count). The number of carbonyl (C=O) groups is 2. The highest BCUT2D eigenvalue weighted by Crippen LogP contribution is 2.22. The first-order valence-corrected chi connectivity index (χ1v) is 9.93. The van der Waals surface area contributed by atoms with Crippen molar-refractivity contribution >= 4 is 17.5 Å². The zero-order chi connectivity index (χ0) is 20.8. The van der Waals surface area contributed by atoms with Gasteiger partial charge >= 0.3 is 0 Å². The number of hydrazine groups is 1. The third-order valence-corrected chi connectivity index (χ3v) is 4.90. The van der Waals surface area contributed by atoms with Crippen LogP contribution in [0.25, 0.3) is 0 Å². The Balaban J connectivity index is 1.19. The number of para-hydroxylation sites is 1. The molecule has 30 heavy (non-hydrogen) atoms. The van der Waals surface area contributed by atoms with Gasteiger partial charge in [0.15, 0.2) is 0 Å². The molecule has 2 N–H and O–H groups in total. The molecular weight excluding hydrogens is 378 g/mol. The topological polar surface area (TPSA) is 70.7 Å². The van der Waals surface area contributed by atoms with Gasteiger partial charge in [-0.05, 0) is 48.4 Å². The van der Waals surface area contributed by atoms with Crippen molar-refractivity contribution in [3.05, 3.63) is 95.6 Å². The van der Waals surface area contributed by atoms with Gasteiger partial charge in [0.05, 0.1) is 17.7 Å². The molecule has 0 aliphatic carbocycles. The van der Waals surface area contributed by atoms with Gasteiger partial charge in [-0.1, -0.05) is 42.5 Å². The second-order valence-corrected chi connectivity index (χ2v) is 7.00. The lowest BCUT2D eigenvalue weighted by molar-refractivity contribution is 0.0647. The van der Waals surface area contributed by atoms with Gasteiger partial charge in [-0.25, -0.2) is 5.43 Å². The number of amides is 2. The highest BCUT2D eigenvalue weighted by Gasteiger charge is 2.34. The second-order valence-electron chi connectivity index (χ2n) is 7.00. The van der Waals surface area contributed by atoms with Crippen LogP contribution in [0.3, 0.4) is 0 Å². The maximum absolute atomic E-state index is 12.3. The van der Waals surface area contributed by atoms with Crippen molar-refractivity contribution in [2.75, 3.05) is 18.6 Å². The molecule has 1 aliphatic heterocycles. The lowest BCUT2D eigenvalue weighted by atomic mass is 10.1. The molecule has 3 aromatic rings. The van der Waals surface area contributed by atoms with E-state index in [9.17, 15) is 9.59 Å². The summed E-state index contributed by atoms with van der Waals surface area (Å²) in [5.41, 5.74) is 9.42. The Labute approximate surface area is 175 Å². The summed E-state index contributed by atoms with van der Waals surface area (Å²) in [6, 6.07) is 24.7. The lowest BCUT2D eigenvalue weighted by Gasteiger charge is -2.14. The van der Waals surface area contributed by atoms with Crippen LogP contribution in [0.2, 0.25) is 0 Å². The number of hydrogen-bond acceptors (Lipinski definition) is 5. The average molecular weight is 401 g/mol. The van der Waals surface area contributed by atoms with Gasteiger partial charge in [0.2, 0.25) is 0 Å². The number of nitrogens with zero attached hydrogens (tertiary/aromatic N) is 1. The molecule has 152 valence electrons. The van der Waals surface area contributed by atoms with Gasteiger partial charge in [0.25, 0.3) is 11.8 Å². The van der Waals surface area contributed by atoms with Crippen LogP contribution in [0.4, 0.5) is 5.69 Å². The van der Waals surface area contributed by atoms with Crippen LogP contribution in [0, 0.1) is 0 Å². The van der Waals surface area contributed by atoms with Crippen molar-refractivity contribution < 1.29 is 14.3 Å². The maximum Gasteiger partial charge on any atom is 0.261 e. The summed E-state index contributed by atoms with van der Waals surface area (Å²) < 4.78 is 5.76. The van der Waals surface area contributed by atoms with Crippen LogP contribution in [0.1, 0.15) is 32.7 Å². The molecule has 6 heteroatoms. The molecule has 0 bridgehead atoms. The number of ether oxygens (including phenoxy) is 1. The average Bonchev–Trinajstić information content (AvgIpc) is 3.03. The maximum atomic E-state index is 12.3. The van der Waals surface area contributed by atoms with Crippen molar-refractivity contribution in [3.8, 4) is 5.75 Å². The highest BCUT2D eigenvalue weighted by atomic mass is 16.5. The Morgan fingerprint density at radius 3 is 2.07 bits per heavy atom.